The number of benzene rings is 2. The highest BCUT2D eigenvalue weighted by atomic mass is 79.9. The molecule has 0 bridgehead atoms. The van der Waals surface area contributed by atoms with Gasteiger partial charge in [0, 0.05) is 10.0 Å². The number of amides is 1. The lowest BCUT2D eigenvalue weighted by Gasteiger charge is -2.08. The van der Waals surface area contributed by atoms with Crippen molar-refractivity contribution in [2.75, 3.05) is 13.7 Å². The van der Waals surface area contributed by atoms with Gasteiger partial charge in [0.15, 0.2) is 6.61 Å². The smallest absolute Gasteiger partial charge is 0.277 e. The predicted molar refractivity (Wildman–Crippen MR) is 98.4 cm³/mol. The standard InChI is InChI=1S/C16H13BrCl2N2O3/c1-23-13-6-5-11(17)7-10(13)8-20-21-15(22)9-24-14-4-2-3-12(18)16(14)19/h2-8H,9H2,1H3,(H,21,22)/b20-8+. The second-order valence-electron chi connectivity index (χ2n) is 4.52. The van der Waals surface area contributed by atoms with Gasteiger partial charge in [0.05, 0.1) is 18.3 Å². The van der Waals surface area contributed by atoms with Crippen molar-refractivity contribution >= 4 is 51.3 Å². The van der Waals surface area contributed by atoms with Crippen LogP contribution in [-0.4, -0.2) is 25.8 Å². The third kappa shape index (κ3) is 5.12. The molecule has 2 aromatic carbocycles. The summed E-state index contributed by atoms with van der Waals surface area (Å²) in [6.07, 6.45) is 1.48. The average molecular weight is 432 g/mol. The lowest BCUT2D eigenvalue weighted by Crippen LogP contribution is -2.24. The van der Waals surface area contributed by atoms with E-state index >= 15 is 0 Å². The lowest BCUT2D eigenvalue weighted by atomic mass is 10.2. The van der Waals surface area contributed by atoms with Crippen LogP contribution in [0.3, 0.4) is 0 Å². The average Bonchev–Trinajstić information content (AvgIpc) is 2.56. The Balaban J connectivity index is 1.91. The quantitative estimate of drug-likeness (QED) is 0.548. The Labute approximate surface area is 157 Å². The van der Waals surface area contributed by atoms with Gasteiger partial charge in [-0.05, 0) is 30.3 Å². The van der Waals surface area contributed by atoms with Crippen molar-refractivity contribution in [2.24, 2.45) is 5.10 Å². The molecule has 0 unspecified atom stereocenters. The molecule has 0 atom stereocenters. The Morgan fingerprint density at radius 1 is 1.29 bits per heavy atom. The van der Waals surface area contributed by atoms with Crippen LogP contribution in [0.5, 0.6) is 11.5 Å². The van der Waals surface area contributed by atoms with Gasteiger partial charge in [0.25, 0.3) is 5.91 Å². The van der Waals surface area contributed by atoms with E-state index in [1.165, 1.54) is 6.21 Å². The van der Waals surface area contributed by atoms with Gasteiger partial charge in [-0.1, -0.05) is 45.2 Å². The third-order valence-electron chi connectivity index (χ3n) is 2.86. The Kier molecular flexibility index (Phi) is 6.90. The van der Waals surface area contributed by atoms with Crippen molar-refractivity contribution < 1.29 is 14.3 Å². The summed E-state index contributed by atoms with van der Waals surface area (Å²) in [5.74, 6) is 0.534. The highest BCUT2D eigenvalue weighted by molar-refractivity contribution is 9.10. The molecule has 5 nitrogen and oxygen atoms in total. The van der Waals surface area contributed by atoms with E-state index in [0.717, 1.165) is 4.47 Å². The molecular formula is C16H13BrCl2N2O3. The van der Waals surface area contributed by atoms with Crippen molar-refractivity contribution in [1.29, 1.82) is 0 Å². The summed E-state index contributed by atoms with van der Waals surface area (Å²) in [7, 11) is 1.56. The number of carbonyl (C=O) groups is 1. The van der Waals surface area contributed by atoms with E-state index in [9.17, 15) is 4.79 Å². The maximum absolute atomic E-state index is 11.8. The van der Waals surface area contributed by atoms with Crippen LogP contribution in [0.1, 0.15) is 5.56 Å². The second kappa shape index (κ2) is 8.92. The van der Waals surface area contributed by atoms with Crippen molar-refractivity contribution in [3.05, 3.63) is 56.5 Å². The molecule has 0 fully saturated rings. The largest absolute Gasteiger partial charge is 0.496 e. The Hall–Kier alpha value is -1.76. The molecule has 2 rings (SSSR count). The van der Waals surface area contributed by atoms with E-state index in [-0.39, 0.29) is 11.6 Å². The monoisotopic (exact) mass is 430 g/mol. The Bertz CT molecular complexity index is 769. The molecule has 0 spiro atoms. The molecule has 0 aliphatic carbocycles. The second-order valence-corrected chi connectivity index (χ2v) is 6.22. The molecule has 0 heterocycles. The van der Waals surface area contributed by atoms with Gasteiger partial charge in [-0.15, -0.1) is 0 Å². The van der Waals surface area contributed by atoms with Crippen LogP contribution in [-0.2, 0) is 4.79 Å². The molecule has 0 aliphatic rings. The minimum absolute atomic E-state index is 0.243. The zero-order chi connectivity index (χ0) is 17.5. The highest BCUT2D eigenvalue weighted by Gasteiger charge is 2.08. The zero-order valence-corrected chi connectivity index (χ0v) is 15.7. The van der Waals surface area contributed by atoms with Crippen LogP contribution in [0.15, 0.2) is 46.0 Å². The van der Waals surface area contributed by atoms with Crippen LogP contribution in [0.25, 0.3) is 0 Å². The molecule has 0 saturated carbocycles. The van der Waals surface area contributed by atoms with E-state index in [1.807, 2.05) is 12.1 Å². The molecule has 0 radical (unpaired) electrons. The molecule has 0 aliphatic heterocycles. The number of nitrogens with zero attached hydrogens (tertiary/aromatic N) is 1. The number of methoxy groups -OCH3 is 1. The van der Waals surface area contributed by atoms with Gasteiger partial charge in [-0.2, -0.15) is 5.10 Å². The van der Waals surface area contributed by atoms with E-state index in [1.54, 1.807) is 31.4 Å². The van der Waals surface area contributed by atoms with Gasteiger partial charge in [0.1, 0.15) is 16.5 Å². The third-order valence-corrected chi connectivity index (χ3v) is 4.15. The summed E-state index contributed by atoms with van der Waals surface area (Å²) >= 11 is 15.2. The van der Waals surface area contributed by atoms with E-state index in [2.05, 4.69) is 26.5 Å². The first-order valence-electron chi connectivity index (χ1n) is 6.73. The summed E-state index contributed by atoms with van der Waals surface area (Å²) in [5, 5.41) is 4.49. The molecule has 2 aromatic rings. The van der Waals surface area contributed by atoms with E-state index in [4.69, 9.17) is 32.7 Å². The SMILES string of the molecule is COc1ccc(Br)cc1/C=N/NC(=O)COc1cccc(Cl)c1Cl. The summed E-state index contributed by atoms with van der Waals surface area (Å²) < 4.78 is 11.4. The molecule has 8 heteroatoms. The fourth-order valence-corrected chi connectivity index (χ4v) is 2.48. The van der Waals surface area contributed by atoms with E-state index < -0.39 is 5.91 Å². The number of hydrogen-bond acceptors (Lipinski definition) is 4. The topological polar surface area (TPSA) is 59.9 Å². The predicted octanol–water partition coefficient (Wildman–Crippen LogP) is 4.29. The minimum Gasteiger partial charge on any atom is -0.496 e. The number of nitrogens with one attached hydrogen (secondary N) is 1. The molecule has 0 aromatic heterocycles. The molecule has 1 N–H and O–H groups in total. The maximum Gasteiger partial charge on any atom is 0.277 e. The summed E-state index contributed by atoms with van der Waals surface area (Å²) in [6.45, 7) is -0.243. The Morgan fingerprint density at radius 3 is 2.83 bits per heavy atom. The summed E-state index contributed by atoms with van der Waals surface area (Å²) in [6, 6.07) is 10.4. The summed E-state index contributed by atoms with van der Waals surface area (Å²) in [5.41, 5.74) is 3.08. The van der Waals surface area contributed by atoms with Gasteiger partial charge >= 0.3 is 0 Å². The van der Waals surface area contributed by atoms with Crippen molar-refractivity contribution in [3.8, 4) is 11.5 Å². The number of hydrazone groups is 1. The molecule has 0 saturated heterocycles. The van der Waals surface area contributed by atoms with Gasteiger partial charge in [-0.25, -0.2) is 5.43 Å². The normalized spacial score (nSPS) is 10.7. The first-order chi connectivity index (χ1) is 11.5. The number of carbonyl (C=O) groups excluding carboxylic acids is 1. The fraction of sp³-hybridized carbons (Fsp3) is 0.125. The van der Waals surface area contributed by atoms with Crippen LogP contribution in [0, 0.1) is 0 Å². The number of halogens is 3. The Morgan fingerprint density at radius 2 is 2.08 bits per heavy atom. The van der Waals surface area contributed by atoms with Crippen LogP contribution < -0.4 is 14.9 Å². The first-order valence-corrected chi connectivity index (χ1v) is 8.28. The number of ether oxygens (including phenoxy) is 2. The van der Waals surface area contributed by atoms with Gasteiger partial charge in [-0.3, -0.25) is 4.79 Å². The number of rotatable bonds is 6. The number of hydrogen-bond donors (Lipinski definition) is 1. The first kappa shape index (κ1) is 18.6. The van der Waals surface area contributed by atoms with E-state index in [0.29, 0.717) is 22.1 Å². The van der Waals surface area contributed by atoms with Crippen LogP contribution in [0.4, 0.5) is 0 Å². The molecular weight excluding hydrogens is 419 g/mol. The van der Waals surface area contributed by atoms with Gasteiger partial charge < -0.3 is 9.47 Å². The molecule has 126 valence electrons. The van der Waals surface area contributed by atoms with Crippen molar-refractivity contribution in [2.45, 2.75) is 0 Å². The lowest BCUT2D eigenvalue weighted by molar-refractivity contribution is -0.123. The molecule has 24 heavy (non-hydrogen) atoms. The van der Waals surface area contributed by atoms with Crippen LogP contribution in [0.2, 0.25) is 10.0 Å². The summed E-state index contributed by atoms with van der Waals surface area (Å²) in [4.78, 5) is 11.8. The molecule has 1 amide bonds. The maximum atomic E-state index is 11.8. The van der Waals surface area contributed by atoms with Crippen molar-refractivity contribution in [3.63, 3.8) is 0 Å². The van der Waals surface area contributed by atoms with Crippen LogP contribution >= 0.6 is 39.1 Å². The fourth-order valence-electron chi connectivity index (χ4n) is 1.75. The van der Waals surface area contributed by atoms with Crippen molar-refractivity contribution in [1.82, 2.24) is 5.43 Å². The highest BCUT2D eigenvalue weighted by Crippen LogP contribution is 2.31. The van der Waals surface area contributed by atoms with Gasteiger partial charge in [0.2, 0.25) is 0 Å². The zero-order valence-electron chi connectivity index (χ0n) is 12.6. The minimum atomic E-state index is -0.434.